The van der Waals surface area contributed by atoms with Crippen molar-refractivity contribution in [3.05, 3.63) is 45.4 Å². The maximum absolute atomic E-state index is 5.93. The van der Waals surface area contributed by atoms with Crippen LogP contribution in [0.4, 0.5) is 0 Å². The second-order valence-corrected chi connectivity index (χ2v) is 5.78. The number of thiazole rings is 1. The van der Waals surface area contributed by atoms with Crippen LogP contribution in [0.2, 0.25) is 0 Å². The molecule has 0 atom stereocenters. The Hall–Kier alpha value is -1.39. The fraction of sp³-hybridized carbons (Fsp3) is 0.438. The highest BCUT2D eigenvalue weighted by atomic mass is 32.1. The summed E-state index contributed by atoms with van der Waals surface area (Å²) in [4.78, 5) is 5.99. The first-order chi connectivity index (χ1) is 9.78. The molecular formula is C16H22N2OS. The molecule has 2 aromatic rings. The monoisotopic (exact) mass is 290 g/mol. The van der Waals surface area contributed by atoms with E-state index in [9.17, 15) is 0 Å². The van der Waals surface area contributed by atoms with Crippen LogP contribution in [0.5, 0.6) is 5.75 Å². The Kier molecular flexibility index (Phi) is 5.56. The van der Waals surface area contributed by atoms with Gasteiger partial charge in [0.05, 0.1) is 5.69 Å². The van der Waals surface area contributed by atoms with E-state index in [4.69, 9.17) is 4.74 Å². The number of nitrogens with one attached hydrogen (secondary N) is 1. The average molecular weight is 290 g/mol. The standard InChI is InChI=1S/C16H22N2OS/c1-4-12-8-6-7-9-14(12)19-11-16-18-13(5-2)15(20-16)10-17-3/h6-9,17H,4-5,10-11H2,1-3H3. The first kappa shape index (κ1) is 15.0. The number of aromatic nitrogens is 1. The molecule has 0 spiro atoms. The smallest absolute Gasteiger partial charge is 0.140 e. The number of nitrogens with zero attached hydrogens (tertiary/aromatic N) is 1. The molecule has 0 saturated carbocycles. The lowest BCUT2D eigenvalue weighted by molar-refractivity contribution is 0.302. The predicted molar refractivity (Wildman–Crippen MR) is 84.4 cm³/mol. The van der Waals surface area contributed by atoms with Crippen molar-refractivity contribution in [2.75, 3.05) is 7.05 Å². The van der Waals surface area contributed by atoms with Crippen LogP contribution in [-0.2, 0) is 26.0 Å². The summed E-state index contributed by atoms with van der Waals surface area (Å²) in [7, 11) is 1.97. The Labute approximate surface area is 125 Å². The third kappa shape index (κ3) is 3.58. The van der Waals surface area contributed by atoms with Gasteiger partial charge < -0.3 is 10.1 Å². The molecule has 20 heavy (non-hydrogen) atoms. The minimum absolute atomic E-state index is 0.554. The van der Waals surface area contributed by atoms with Crippen molar-refractivity contribution in [2.45, 2.75) is 39.8 Å². The van der Waals surface area contributed by atoms with Crippen molar-refractivity contribution in [3.8, 4) is 5.75 Å². The molecule has 0 aliphatic rings. The molecule has 0 saturated heterocycles. The third-order valence-electron chi connectivity index (χ3n) is 3.20. The molecule has 0 unspecified atom stereocenters. The minimum Gasteiger partial charge on any atom is -0.486 e. The van der Waals surface area contributed by atoms with E-state index in [0.717, 1.165) is 30.1 Å². The van der Waals surface area contributed by atoms with Gasteiger partial charge in [-0.15, -0.1) is 11.3 Å². The van der Waals surface area contributed by atoms with Crippen LogP contribution in [0.1, 0.15) is 35.0 Å². The summed E-state index contributed by atoms with van der Waals surface area (Å²) in [6, 6.07) is 8.21. The first-order valence-corrected chi connectivity index (χ1v) is 7.92. The van der Waals surface area contributed by atoms with Gasteiger partial charge in [-0.1, -0.05) is 32.0 Å². The molecule has 4 heteroatoms. The highest BCUT2D eigenvalue weighted by Crippen LogP contribution is 2.23. The molecule has 108 valence electrons. The lowest BCUT2D eigenvalue weighted by atomic mass is 10.1. The number of benzene rings is 1. The molecule has 0 aliphatic heterocycles. The van der Waals surface area contributed by atoms with Gasteiger partial charge >= 0.3 is 0 Å². The van der Waals surface area contributed by atoms with Crippen LogP contribution < -0.4 is 10.1 Å². The Balaban J connectivity index is 2.07. The highest BCUT2D eigenvalue weighted by Gasteiger charge is 2.10. The summed E-state index contributed by atoms with van der Waals surface area (Å²) in [5, 5.41) is 4.25. The molecule has 3 nitrogen and oxygen atoms in total. The maximum Gasteiger partial charge on any atom is 0.140 e. The predicted octanol–water partition coefficient (Wildman–Crippen LogP) is 3.57. The van der Waals surface area contributed by atoms with Crippen molar-refractivity contribution < 1.29 is 4.74 Å². The molecule has 1 aromatic carbocycles. The Bertz CT molecular complexity index is 551. The molecule has 0 aliphatic carbocycles. The SMILES string of the molecule is CCc1ccccc1OCc1nc(CC)c(CNC)s1. The second kappa shape index (κ2) is 7.41. The quantitative estimate of drug-likeness (QED) is 0.846. The van der Waals surface area contributed by atoms with Crippen LogP contribution >= 0.6 is 11.3 Å². The van der Waals surface area contributed by atoms with E-state index in [0.29, 0.717) is 6.61 Å². The lowest BCUT2D eigenvalue weighted by Crippen LogP contribution is -2.05. The van der Waals surface area contributed by atoms with Crippen LogP contribution in [0.15, 0.2) is 24.3 Å². The van der Waals surface area contributed by atoms with Crippen molar-refractivity contribution in [2.24, 2.45) is 0 Å². The summed E-state index contributed by atoms with van der Waals surface area (Å²) in [6.45, 7) is 5.72. The summed E-state index contributed by atoms with van der Waals surface area (Å²) >= 11 is 1.74. The lowest BCUT2D eigenvalue weighted by Gasteiger charge is -2.08. The summed E-state index contributed by atoms with van der Waals surface area (Å²) in [6.07, 6.45) is 1.96. The van der Waals surface area contributed by atoms with E-state index in [1.165, 1.54) is 16.1 Å². The molecule has 0 bridgehead atoms. The first-order valence-electron chi connectivity index (χ1n) is 7.11. The van der Waals surface area contributed by atoms with Gasteiger partial charge in [-0.05, 0) is 31.5 Å². The summed E-state index contributed by atoms with van der Waals surface area (Å²) < 4.78 is 5.93. The van der Waals surface area contributed by atoms with Gasteiger partial charge in [0.25, 0.3) is 0 Å². The van der Waals surface area contributed by atoms with Crippen molar-refractivity contribution in [1.29, 1.82) is 0 Å². The number of aryl methyl sites for hydroxylation is 2. The molecular weight excluding hydrogens is 268 g/mol. The fourth-order valence-corrected chi connectivity index (χ4v) is 3.23. The van der Waals surface area contributed by atoms with E-state index in [1.807, 2.05) is 19.2 Å². The van der Waals surface area contributed by atoms with Gasteiger partial charge in [0, 0.05) is 11.4 Å². The Morgan fingerprint density at radius 1 is 1.20 bits per heavy atom. The third-order valence-corrected chi connectivity index (χ3v) is 4.27. The largest absolute Gasteiger partial charge is 0.486 e. The molecule has 0 radical (unpaired) electrons. The zero-order valence-electron chi connectivity index (χ0n) is 12.4. The fourth-order valence-electron chi connectivity index (χ4n) is 2.15. The molecule has 1 heterocycles. The van der Waals surface area contributed by atoms with Crippen LogP contribution in [0.25, 0.3) is 0 Å². The molecule has 2 rings (SSSR count). The van der Waals surface area contributed by atoms with E-state index in [2.05, 4.69) is 36.3 Å². The highest BCUT2D eigenvalue weighted by molar-refractivity contribution is 7.11. The normalized spacial score (nSPS) is 10.8. The van der Waals surface area contributed by atoms with Crippen molar-refractivity contribution >= 4 is 11.3 Å². The van der Waals surface area contributed by atoms with Gasteiger partial charge in [0.15, 0.2) is 0 Å². The number of ether oxygens (including phenoxy) is 1. The van der Waals surface area contributed by atoms with Crippen molar-refractivity contribution in [1.82, 2.24) is 10.3 Å². The van der Waals surface area contributed by atoms with Gasteiger partial charge in [-0.3, -0.25) is 0 Å². The number of hydrogen-bond acceptors (Lipinski definition) is 4. The zero-order valence-corrected chi connectivity index (χ0v) is 13.2. The van der Waals surface area contributed by atoms with Gasteiger partial charge in [-0.25, -0.2) is 4.98 Å². The van der Waals surface area contributed by atoms with E-state index < -0.39 is 0 Å². The van der Waals surface area contributed by atoms with E-state index in [-0.39, 0.29) is 0 Å². The molecule has 0 fully saturated rings. The number of rotatable bonds is 7. The van der Waals surface area contributed by atoms with Gasteiger partial charge in [0.1, 0.15) is 17.4 Å². The van der Waals surface area contributed by atoms with Gasteiger partial charge in [0.2, 0.25) is 0 Å². The van der Waals surface area contributed by atoms with Crippen LogP contribution in [0.3, 0.4) is 0 Å². The van der Waals surface area contributed by atoms with E-state index >= 15 is 0 Å². The Morgan fingerprint density at radius 3 is 2.70 bits per heavy atom. The molecule has 1 N–H and O–H groups in total. The molecule has 0 amide bonds. The number of hydrogen-bond donors (Lipinski definition) is 1. The zero-order chi connectivity index (χ0) is 14.4. The molecule has 1 aromatic heterocycles. The summed E-state index contributed by atoms with van der Waals surface area (Å²) in [5.41, 5.74) is 2.43. The number of para-hydroxylation sites is 1. The average Bonchev–Trinajstić information content (AvgIpc) is 2.88. The van der Waals surface area contributed by atoms with Crippen LogP contribution in [-0.4, -0.2) is 12.0 Å². The topological polar surface area (TPSA) is 34.1 Å². The maximum atomic E-state index is 5.93. The second-order valence-electron chi connectivity index (χ2n) is 4.61. The Morgan fingerprint density at radius 2 is 2.00 bits per heavy atom. The van der Waals surface area contributed by atoms with E-state index in [1.54, 1.807) is 11.3 Å². The minimum atomic E-state index is 0.554. The van der Waals surface area contributed by atoms with Crippen LogP contribution in [0, 0.1) is 0 Å². The summed E-state index contributed by atoms with van der Waals surface area (Å²) in [5.74, 6) is 0.971. The van der Waals surface area contributed by atoms with Crippen molar-refractivity contribution in [3.63, 3.8) is 0 Å². The van der Waals surface area contributed by atoms with Gasteiger partial charge in [-0.2, -0.15) is 0 Å².